The molecule has 0 saturated carbocycles. The van der Waals surface area contributed by atoms with E-state index in [-0.39, 0.29) is 5.75 Å². The molecule has 0 spiro atoms. The van der Waals surface area contributed by atoms with Crippen LogP contribution in [0.15, 0.2) is 30.3 Å². The molecule has 0 aliphatic heterocycles. The molecule has 0 saturated heterocycles. The third-order valence-corrected chi connectivity index (χ3v) is 2.87. The number of hydrogen-bond acceptors (Lipinski definition) is 3. The largest absolute Gasteiger partial charge is 0.504 e. The standard InChI is InChI=1S/C16H20O3/c1-3-9-18-14-11-15(19-10-4-2)16(17)13-8-6-5-7-12(13)14/h5-8,11,17H,3-4,9-10H2,1-2H3. The van der Waals surface area contributed by atoms with Gasteiger partial charge in [-0.1, -0.05) is 38.1 Å². The summed E-state index contributed by atoms with van der Waals surface area (Å²) in [6, 6.07) is 9.44. The van der Waals surface area contributed by atoms with Gasteiger partial charge in [0.05, 0.1) is 13.2 Å². The van der Waals surface area contributed by atoms with Crippen molar-refractivity contribution in [1.29, 1.82) is 0 Å². The molecule has 1 N–H and O–H groups in total. The van der Waals surface area contributed by atoms with Crippen LogP contribution in [0.4, 0.5) is 0 Å². The number of benzene rings is 2. The van der Waals surface area contributed by atoms with Crippen LogP contribution >= 0.6 is 0 Å². The Kier molecular flexibility index (Phi) is 4.50. The van der Waals surface area contributed by atoms with Gasteiger partial charge in [0.1, 0.15) is 5.75 Å². The first kappa shape index (κ1) is 13.5. The van der Waals surface area contributed by atoms with Crippen molar-refractivity contribution in [3.05, 3.63) is 30.3 Å². The van der Waals surface area contributed by atoms with Crippen LogP contribution in [0.2, 0.25) is 0 Å². The Morgan fingerprint density at radius 2 is 1.47 bits per heavy atom. The predicted molar refractivity (Wildman–Crippen MR) is 77.2 cm³/mol. The van der Waals surface area contributed by atoms with Crippen LogP contribution < -0.4 is 9.47 Å². The summed E-state index contributed by atoms with van der Waals surface area (Å²) in [6.07, 6.45) is 1.85. The van der Waals surface area contributed by atoms with Gasteiger partial charge in [0, 0.05) is 16.8 Å². The van der Waals surface area contributed by atoms with E-state index in [9.17, 15) is 5.11 Å². The lowest BCUT2D eigenvalue weighted by Gasteiger charge is -2.14. The molecule has 0 unspecified atom stereocenters. The summed E-state index contributed by atoms with van der Waals surface area (Å²) in [6.45, 7) is 5.34. The summed E-state index contributed by atoms with van der Waals surface area (Å²) < 4.78 is 11.3. The number of hydrogen-bond donors (Lipinski definition) is 1. The molecule has 0 fully saturated rings. The van der Waals surface area contributed by atoms with Crippen LogP contribution in [0.25, 0.3) is 10.8 Å². The smallest absolute Gasteiger partial charge is 0.165 e. The first-order valence-electron chi connectivity index (χ1n) is 6.78. The fourth-order valence-electron chi connectivity index (χ4n) is 1.96. The van der Waals surface area contributed by atoms with E-state index in [1.54, 1.807) is 6.07 Å². The second-order valence-corrected chi connectivity index (χ2v) is 4.46. The highest BCUT2D eigenvalue weighted by molar-refractivity contribution is 5.95. The highest BCUT2D eigenvalue weighted by Crippen LogP contribution is 2.40. The molecule has 102 valence electrons. The lowest BCUT2D eigenvalue weighted by molar-refractivity contribution is 0.292. The van der Waals surface area contributed by atoms with Crippen LogP contribution in [0.3, 0.4) is 0 Å². The normalized spacial score (nSPS) is 10.6. The third-order valence-electron chi connectivity index (χ3n) is 2.87. The molecule has 0 atom stereocenters. The Hall–Kier alpha value is -1.90. The van der Waals surface area contributed by atoms with Gasteiger partial charge in [0.25, 0.3) is 0 Å². The van der Waals surface area contributed by atoms with Crippen molar-refractivity contribution in [2.45, 2.75) is 26.7 Å². The Morgan fingerprint density at radius 1 is 0.895 bits per heavy atom. The Balaban J connectivity index is 2.48. The lowest BCUT2D eigenvalue weighted by Crippen LogP contribution is -1.99. The van der Waals surface area contributed by atoms with Gasteiger partial charge in [-0.2, -0.15) is 0 Å². The molecule has 0 amide bonds. The van der Waals surface area contributed by atoms with Crippen molar-refractivity contribution in [3.63, 3.8) is 0 Å². The van der Waals surface area contributed by atoms with Gasteiger partial charge in [-0.25, -0.2) is 0 Å². The minimum atomic E-state index is 0.188. The molecule has 3 nitrogen and oxygen atoms in total. The fraction of sp³-hybridized carbons (Fsp3) is 0.375. The van der Waals surface area contributed by atoms with Crippen molar-refractivity contribution in [2.75, 3.05) is 13.2 Å². The molecule has 0 radical (unpaired) electrons. The van der Waals surface area contributed by atoms with Gasteiger partial charge in [-0.3, -0.25) is 0 Å². The van der Waals surface area contributed by atoms with Crippen LogP contribution in [-0.2, 0) is 0 Å². The first-order chi connectivity index (χ1) is 9.27. The number of phenolic OH excluding ortho intramolecular Hbond substituents is 1. The molecular formula is C16H20O3. The van der Waals surface area contributed by atoms with Gasteiger partial charge >= 0.3 is 0 Å². The molecule has 3 heteroatoms. The van der Waals surface area contributed by atoms with Crippen molar-refractivity contribution in [2.24, 2.45) is 0 Å². The maximum absolute atomic E-state index is 10.2. The quantitative estimate of drug-likeness (QED) is 0.849. The van der Waals surface area contributed by atoms with Crippen molar-refractivity contribution >= 4 is 10.8 Å². The van der Waals surface area contributed by atoms with E-state index in [1.165, 1.54) is 0 Å². The van der Waals surface area contributed by atoms with Crippen molar-refractivity contribution in [3.8, 4) is 17.2 Å². The molecule has 0 aromatic heterocycles. The third kappa shape index (κ3) is 2.92. The molecule has 19 heavy (non-hydrogen) atoms. The average molecular weight is 260 g/mol. The SMILES string of the molecule is CCCOc1cc(OCCC)c2ccccc2c1O. The molecule has 0 aliphatic rings. The molecular weight excluding hydrogens is 240 g/mol. The minimum absolute atomic E-state index is 0.188. The second-order valence-electron chi connectivity index (χ2n) is 4.46. The van der Waals surface area contributed by atoms with Crippen LogP contribution in [0, 0.1) is 0 Å². The summed E-state index contributed by atoms with van der Waals surface area (Å²) in [5.41, 5.74) is 0. The number of fused-ring (bicyclic) bond motifs is 1. The van der Waals surface area contributed by atoms with E-state index in [4.69, 9.17) is 9.47 Å². The van der Waals surface area contributed by atoms with E-state index >= 15 is 0 Å². The number of aromatic hydroxyl groups is 1. The van der Waals surface area contributed by atoms with Crippen LogP contribution in [-0.4, -0.2) is 18.3 Å². The predicted octanol–water partition coefficient (Wildman–Crippen LogP) is 4.12. The number of phenols is 1. The van der Waals surface area contributed by atoms with E-state index in [2.05, 4.69) is 6.92 Å². The maximum Gasteiger partial charge on any atom is 0.165 e. The summed E-state index contributed by atoms with van der Waals surface area (Å²) in [5, 5.41) is 11.9. The molecule has 0 heterocycles. The Morgan fingerprint density at radius 3 is 2.11 bits per heavy atom. The molecule has 2 rings (SSSR count). The Labute approximate surface area is 113 Å². The molecule has 0 aliphatic carbocycles. The number of rotatable bonds is 6. The second kappa shape index (κ2) is 6.32. The van der Waals surface area contributed by atoms with Gasteiger partial charge in [-0.05, 0) is 12.8 Å². The summed E-state index contributed by atoms with van der Waals surface area (Å²) in [4.78, 5) is 0. The maximum atomic E-state index is 10.2. The zero-order valence-electron chi connectivity index (χ0n) is 11.5. The van der Waals surface area contributed by atoms with Gasteiger partial charge in [-0.15, -0.1) is 0 Å². The Bertz CT molecular complexity index is 549. The number of ether oxygens (including phenoxy) is 2. The lowest BCUT2D eigenvalue weighted by atomic mass is 10.1. The van der Waals surface area contributed by atoms with E-state index in [1.807, 2.05) is 31.2 Å². The monoisotopic (exact) mass is 260 g/mol. The summed E-state index contributed by atoms with van der Waals surface area (Å²) in [7, 11) is 0. The molecule has 2 aromatic carbocycles. The zero-order valence-corrected chi connectivity index (χ0v) is 11.5. The van der Waals surface area contributed by atoms with Gasteiger partial charge in [0.15, 0.2) is 11.5 Å². The highest BCUT2D eigenvalue weighted by atomic mass is 16.5. The van der Waals surface area contributed by atoms with Gasteiger partial charge in [0.2, 0.25) is 0 Å². The zero-order chi connectivity index (χ0) is 13.7. The topological polar surface area (TPSA) is 38.7 Å². The van der Waals surface area contributed by atoms with E-state index in [0.717, 1.165) is 29.4 Å². The molecule has 2 aromatic rings. The first-order valence-corrected chi connectivity index (χ1v) is 6.78. The van der Waals surface area contributed by atoms with Crippen molar-refractivity contribution in [1.82, 2.24) is 0 Å². The van der Waals surface area contributed by atoms with Gasteiger partial charge < -0.3 is 14.6 Å². The van der Waals surface area contributed by atoms with Crippen molar-refractivity contribution < 1.29 is 14.6 Å². The highest BCUT2D eigenvalue weighted by Gasteiger charge is 2.12. The minimum Gasteiger partial charge on any atom is -0.504 e. The van der Waals surface area contributed by atoms with E-state index < -0.39 is 0 Å². The average Bonchev–Trinajstić information content (AvgIpc) is 2.45. The fourth-order valence-corrected chi connectivity index (χ4v) is 1.96. The van der Waals surface area contributed by atoms with Crippen LogP contribution in [0.5, 0.6) is 17.2 Å². The summed E-state index contributed by atoms with van der Waals surface area (Å²) >= 11 is 0. The summed E-state index contributed by atoms with van der Waals surface area (Å²) in [5.74, 6) is 1.45. The molecule has 0 bridgehead atoms. The van der Waals surface area contributed by atoms with E-state index in [0.29, 0.717) is 19.0 Å². The van der Waals surface area contributed by atoms with Crippen LogP contribution in [0.1, 0.15) is 26.7 Å².